The van der Waals surface area contributed by atoms with Crippen molar-refractivity contribution in [1.29, 1.82) is 0 Å². The zero-order chi connectivity index (χ0) is 16.2. The molecule has 1 aromatic rings. The molecule has 1 aliphatic carbocycles. The summed E-state index contributed by atoms with van der Waals surface area (Å²) >= 11 is 0. The predicted octanol–water partition coefficient (Wildman–Crippen LogP) is 3.99. The molecule has 0 spiro atoms. The maximum Gasteiger partial charge on any atom is 0.373 e. The second-order valence-electron chi connectivity index (χ2n) is 6.86. The lowest BCUT2D eigenvalue weighted by Gasteiger charge is -2.25. The van der Waals surface area contributed by atoms with Crippen LogP contribution in [0.15, 0.2) is 36.5 Å². The fraction of sp³-hybridized carbons (Fsp3) is 0.500. The summed E-state index contributed by atoms with van der Waals surface area (Å²) in [7, 11) is -1.58. The maximum absolute atomic E-state index is 12.0. The molecule has 1 aromatic carbocycles. The molecule has 22 heavy (non-hydrogen) atoms. The molecule has 4 heteroatoms. The first-order valence-electron chi connectivity index (χ1n) is 8.04. The molecule has 0 saturated heterocycles. The first kappa shape index (κ1) is 17.0. The lowest BCUT2D eigenvalue weighted by molar-refractivity contribution is -0.281. The molecule has 1 fully saturated rings. The van der Waals surface area contributed by atoms with Crippen LogP contribution in [-0.4, -0.2) is 20.1 Å². The Balaban J connectivity index is 1.91. The van der Waals surface area contributed by atoms with Crippen molar-refractivity contribution >= 4 is 19.2 Å². The molecule has 3 nitrogen and oxygen atoms in total. The summed E-state index contributed by atoms with van der Waals surface area (Å²) < 4.78 is 0. The van der Waals surface area contributed by atoms with Crippen LogP contribution in [0.25, 0.3) is 0 Å². The van der Waals surface area contributed by atoms with E-state index in [1.54, 1.807) is 0 Å². The lowest BCUT2D eigenvalue weighted by Crippen LogP contribution is -2.39. The Hall–Kier alpha value is -1.39. The lowest BCUT2D eigenvalue weighted by atomic mass is 9.89. The number of rotatable bonds is 5. The second kappa shape index (κ2) is 7.25. The zero-order valence-corrected chi connectivity index (χ0v) is 14.8. The van der Waals surface area contributed by atoms with Gasteiger partial charge in [0, 0.05) is 0 Å². The van der Waals surface area contributed by atoms with Crippen LogP contribution < -0.4 is 5.19 Å². The highest BCUT2D eigenvalue weighted by Crippen LogP contribution is 2.26. The Morgan fingerprint density at radius 2 is 1.95 bits per heavy atom. The molecule has 120 valence electrons. The maximum atomic E-state index is 12.0. The molecule has 0 N–H and O–H groups in total. The van der Waals surface area contributed by atoms with Gasteiger partial charge < -0.3 is 0 Å². The van der Waals surface area contributed by atoms with Crippen molar-refractivity contribution in [3.63, 3.8) is 0 Å². The van der Waals surface area contributed by atoms with Gasteiger partial charge in [-0.05, 0) is 30.9 Å². The number of hydrogen-bond acceptors (Lipinski definition) is 3. The minimum absolute atomic E-state index is 0.0408. The minimum atomic E-state index is -1.58. The van der Waals surface area contributed by atoms with E-state index >= 15 is 0 Å². The first-order chi connectivity index (χ1) is 10.4. The molecule has 0 radical (unpaired) electrons. The van der Waals surface area contributed by atoms with Gasteiger partial charge in [-0.15, -0.1) is 6.58 Å². The van der Waals surface area contributed by atoms with Crippen LogP contribution in [-0.2, 0) is 9.78 Å². The minimum Gasteiger partial charge on any atom is -0.293 e. The largest absolute Gasteiger partial charge is 0.373 e. The van der Waals surface area contributed by atoms with Gasteiger partial charge in [-0.1, -0.05) is 55.9 Å². The van der Waals surface area contributed by atoms with E-state index in [1.165, 1.54) is 11.6 Å². The van der Waals surface area contributed by atoms with Crippen LogP contribution in [0.3, 0.4) is 0 Å². The topological polar surface area (TPSA) is 35.5 Å². The van der Waals surface area contributed by atoms with Crippen molar-refractivity contribution < 1.29 is 14.6 Å². The molecule has 0 amide bonds. The van der Waals surface area contributed by atoms with Gasteiger partial charge in [0.05, 0.1) is 5.56 Å². The summed E-state index contributed by atoms with van der Waals surface area (Å²) in [5.41, 5.74) is 2.56. The van der Waals surface area contributed by atoms with Gasteiger partial charge in [0.2, 0.25) is 0 Å². The molecule has 0 aromatic heterocycles. The second-order valence-corrected chi connectivity index (χ2v) is 11.3. The summed E-state index contributed by atoms with van der Waals surface area (Å²) in [6.07, 6.45) is 4.34. The van der Waals surface area contributed by atoms with Gasteiger partial charge in [0.1, 0.15) is 14.2 Å². The monoisotopic (exact) mass is 318 g/mol. The molecule has 2 unspecified atom stereocenters. The fourth-order valence-electron chi connectivity index (χ4n) is 2.78. The van der Waals surface area contributed by atoms with Gasteiger partial charge in [0.15, 0.2) is 0 Å². The van der Waals surface area contributed by atoms with Gasteiger partial charge in [-0.3, -0.25) is 4.89 Å². The van der Waals surface area contributed by atoms with E-state index in [9.17, 15) is 4.79 Å². The normalized spacial score (nSPS) is 22.1. The standard InChI is InChI=1S/C18H26O3Si/c1-5-22(3,4)17-11-9-15(10-12-17)18(19)21-20-16-8-6-7-14(2)13-16/h5,9-12,14,16H,1,6-8,13H2,2-4H3. The van der Waals surface area contributed by atoms with Crippen LogP contribution in [0.2, 0.25) is 13.1 Å². The highest BCUT2D eigenvalue weighted by Gasteiger charge is 2.23. The Morgan fingerprint density at radius 3 is 2.55 bits per heavy atom. The SMILES string of the molecule is C=C[Si](C)(C)c1ccc(C(=O)OOC2CCCC(C)C2)cc1. The van der Waals surface area contributed by atoms with E-state index < -0.39 is 14.0 Å². The third-order valence-electron chi connectivity index (χ3n) is 4.52. The summed E-state index contributed by atoms with van der Waals surface area (Å²) in [5.74, 6) is 0.227. The summed E-state index contributed by atoms with van der Waals surface area (Å²) in [4.78, 5) is 22.4. The average molecular weight is 318 g/mol. The molecule has 1 saturated carbocycles. The van der Waals surface area contributed by atoms with Gasteiger partial charge in [0.25, 0.3) is 0 Å². The Morgan fingerprint density at radius 1 is 1.27 bits per heavy atom. The van der Waals surface area contributed by atoms with Crippen LogP contribution >= 0.6 is 0 Å². The van der Waals surface area contributed by atoms with Crippen LogP contribution in [0.1, 0.15) is 43.0 Å². The van der Waals surface area contributed by atoms with E-state index in [0.717, 1.165) is 19.3 Å². The first-order valence-corrected chi connectivity index (χ1v) is 11.1. The van der Waals surface area contributed by atoms with E-state index in [4.69, 9.17) is 9.78 Å². The molecule has 0 aliphatic heterocycles. The zero-order valence-electron chi connectivity index (χ0n) is 13.8. The Labute approximate surface area is 134 Å². The number of carbonyl (C=O) groups is 1. The van der Waals surface area contributed by atoms with Crippen molar-refractivity contribution in [3.05, 3.63) is 42.1 Å². The molecule has 2 rings (SSSR count). The van der Waals surface area contributed by atoms with Crippen molar-refractivity contribution in [2.24, 2.45) is 5.92 Å². The molecular formula is C18H26O3Si. The fourth-order valence-corrected chi connectivity index (χ4v) is 4.04. The van der Waals surface area contributed by atoms with E-state index in [2.05, 4.69) is 26.6 Å². The van der Waals surface area contributed by atoms with Gasteiger partial charge >= 0.3 is 5.97 Å². The smallest absolute Gasteiger partial charge is 0.293 e. The third kappa shape index (κ3) is 4.30. The number of hydrogen-bond donors (Lipinski definition) is 0. The van der Waals surface area contributed by atoms with Crippen LogP contribution in [0, 0.1) is 5.92 Å². The van der Waals surface area contributed by atoms with Gasteiger partial charge in [-0.25, -0.2) is 4.79 Å². The molecule has 1 aliphatic rings. The molecule has 2 atom stereocenters. The Bertz CT molecular complexity index is 522. The molecule has 0 bridgehead atoms. The highest BCUT2D eigenvalue weighted by atomic mass is 28.3. The van der Waals surface area contributed by atoms with Crippen molar-refractivity contribution in [3.8, 4) is 0 Å². The van der Waals surface area contributed by atoms with E-state index in [-0.39, 0.29) is 6.10 Å². The average Bonchev–Trinajstić information content (AvgIpc) is 2.53. The van der Waals surface area contributed by atoms with E-state index in [1.807, 2.05) is 30.0 Å². The van der Waals surface area contributed by atoms with Crippen LogP contribution in [0.4, 0.5) is 0 Å². The number of carbonyl (C=O) groups excluding carboxylic acids is 1. The quantitative estimate of drug-likeness (QED) is 0.468. The van der Waals surface area contributed by atoms with Crippen molar-refractivity contribution in [2.75, 3.05) is 0 Å². The number of benzene rings is 1. The van der Waals surface area contributed by atoms with Crippen LogP contribution in [0.5, 0.6) is 0 Å². The summed E-state index contributed by atoms with van der Waals surface area (Å²) in [5, 5.41) is 1.25. The predicted molar refractivity (Wildman–Crippen MR) is 91.7 cm³/mol. The third-order valence-corrected chi connectivity index (χ3v) is 7.37. The molecular weight excluding hydrogens is 292 g/mol. The van der Waals surface area contributed by atoms with Crippen molar-refractivity contribution in [2.45, 2.75) is 51.8 Å². The highest BCUT2D eigenvalue weighted by molar-refractivity contribution is 6.93. The summed E-state index contributed by atoms with van der Waals surface area (Å²) in [6.45, 7) is 10.6. The summed E-state index contributed by atoms with van der Waals surface area (Å²) in [6, 6.07) is 7.60. The van der Waals surface area contributed by atoms with Crippen molar-refractivity contribution in [1.82, 2.24) is 0 Å². The Kier molecular flexibility index (Phi) is 5.59. The van der Waals surface area contributed by atoms with Gasteiger partial charge in [-0.2, -0.15) is 4.89 Å². The molecule has 0 heterocycles. The van der Waals surface area contributed by atoms with E-state index in [0.29, 0.717) is 11.5 Å².